The lowest BCUT2D eigenvalue weighted by atomic mass is 9.90. The average Bonchev–Trinajstić information content (AvgIpc) is 3.04. The first kappa shape index (κ1) is 19.7. The van der Waals surface area contributed by atoms with Crippen molar-refractivity contribution in [2.75, 3.05) is 26.2 Å². The second-order valence-corrected chi connectivity index (χ2v) is 8.51. The van der Waals surface area contributed by atoms with Crippen molar-refractivity contribution in [2.45, 2.75) is 25.2 Å². The van der Waals surface area contributed by atoms with Crippen LogP contribution in [0.2, 0.25) is 0 Å². The van der Waals surface area contributed by atoms with E-state index in [2.05, 4.69) is 0 Å². The van der Waals surface area contributed by atoms with Crippen LogP contribution in [0.5, 0.6) is 0 Å². The Morgan fingerprint density at radius 3 is 2.60 bits per heavy atom. The van der Waals surface area contributed by atoms with Crippen LogP contribution in [-0.4, -0.2) is 55.6 Å². The number of sulfonamides is 1. The summed E-state index contributed by atoms with van der Waals surface area (Å²) in [4.78, 5) is 26.4. The first-order chi connectivity index (χ1) is 11.2. The van der Waals surface area contributed by atoms with Gasteiger partial charge in [0.25, 0.3) is 21.8 Å². The van der Waals surface area contributed by atoms with Crippen LogP contribution in [0.4, 0.5) is 0 Å². The van der Waals surface area contributed by atoms with Crippen LogP contribution in [0.25, 0.3) is 0 Å². The first-order valence-corrected chi connectivity index (χ1v) is 9.38. The highest BCUT2D eigenvalue weighted by Crippen LogP contribution is 2.33. The number of hydrogen-bond acceptors (Lipinski definition) is 5. The minimum atomic E-state index is -3.86. The van der Waals surface area contributed by atoms with Gasteiger partial charge in [-0.1, -0.05) is 6.92 Å². The third-order valence-corrected chi connectivity index (χ3v) is 6.78. The molecule has 138 valence electrons. The molecule has 1 atom stereocenters. The summed E-state index contributed by atoms with van der Waals surface area (Å²) in [7, 11) is -3.86. The van der Waals surface area contributed by atoms with E-state index in [-0.39, 0.29) is 46.3 Å². The van der Waals surface area contributed by atoms with E-state index < -0.39 is 15.9 Å². The molecule has 0 aliphatic carbocycles. The predicted octanol–water partition coefficient (Wildman–Crippen LogP) is 1.08. The van der Waals surface area contributed by atoms with Crippen LogP contribution in [0.15, 0.2) is 23.1 Å². The second kappa shape index (κ2) is 6.59. The summed E-state index contributed by atoms with van der Waals surface area (Å²) in [5, 5.41) is 0. The molecule has 25 heavy (non-hydrogen) atoms. The summed E-state index contributed by atoms with van der Waals surface area (Å²) in [5.74, 6) is -0.768. The Labute approximate surface area is 153 Å². The number of halogens is 1. The highest BCUT2D eigenvalue weighted by atomic mass is 35.5. The zero-order valence-electron chi connectivity index (χ0n) is 14.2. The fourth-order valence-corrected chi connectivity index (χ4v) is 4.87. The normalized spacial score (nSPS) is 24.2. The number of carbonyl (C=O) groups is 2. The number of nitrogens with two attached hydrogens (primary N) is 1. The molecule has 1 aromatic carbocycles. The molecule has 1 fully saturated rings. The lowest BCUT2D eigenvalue weighted by molar-refractivity contribution is 0.0775. The van der Waals surface area contributed by atoms with Gasteiger partial charge in [0.1, 0.15) is 4.90 Å². The molecule has 0 aromatic heterocycles. The molecule has 2 heterocycles. The Kier molecular flexibility index (Phi) is 5.18. The molecule has 2 amide bonds. The van der Waals surface area contributed by atoms with Crippen molar-refractivity contribution in [3.63, 3.8) is 0 Å². The van der Waals surface area contributed by atoms with Gasteiger partial charge in [0, 0.05) is 25.2 Å². The van der Waals surface area contributed by atoms with Gasteiger partial charge in [-0.2, -0.15) is 0 Å². The Hall–Kier alpha value is -1.64. The van der Waals surface area contributed by atoms with Crippen LogP contribution < -0.4 is 5.73 Å². The summed E-state index contributed by atoms with van der Waals surface area (Å²) < 4.78 is 25.7. The molecule has 7 nitrogen and oxygen atoms in total. The summed E-state index contributed by atoms with van der Waals surface area (Å²) in [5.41, 5.74) is 6.07. The first-order valence-electron chi connectivity index (χ1n) is 7.94. The largest absolute Gasteiger partial charge is 0.338 e. The third kappa shape index (κ3) is 3.02. The SMILES string of the molecule is CCN1C(=O)c2ccc(C(=O)N3CCC(C)(CN)C3)cc2S1(=O)=O.Cl. The Morgan fingerprint density at radius 1 is 1.36 bits per heavy atom. The summed E-state index contributed by atoms with van der Waals surface area (Å²) in [6.45, 7) is 5.34. The standard InChI is InChI=1S/C16H21N3O4S.ClH/c1-3-19-15(21)12-5-4-11(8-13(12)24(19,22)23)14(20)18-7-6-16(2,9-17)10-18;/h4-5,8H,3,6-7,9-10,17H2,1-2H3;1H. The van der Waals surface area contributed by atoms with Crippen molar-refractivity contribution in [2.24, 2.45) is 11.1 Å². The Balaban J connectivity index is 0.00000225. The van der Waals surface area contributed by atoms with Gasteiger partial charge in [-0.3, -0.25) is 9.59 Å². The molecule has 2 N–H and O–H groups in total. The van der Waals surface area contributed by atoms with Gasteiger partial charge in [0.2, 0.25) is 0 Å². The van der Waals surface area contributed by atoms with Gasteiger partial charge in [-0.15, -0.1) is 12.4 Å². The van der Waals surface area contributed by atoms with Gasteiger partial charge in [0.05, 0.1) is 5.56 Å². The maximum Gasteiger partial charge on any atom is 0.268 e. The van der Waals surface area contributed by atoms with E-state index in [4.69, 9.17) is 5.73 Å². The van der Waals surface area contributed by atoms with Crippen LogP contribution in [-0.2, 0) is 10.0 Å². The fourth-order valence-electron chi connectivity index (χ4n) is 3.27. The monoisotopic (exact) mass is 387 g/mol. The number of amides is 2. The molecule has 0 bridgehead atoms. The second-order valence-electron chi connectivity index (χ2n) is 6.68. The van der Waals surface area contributed by atoms with E-state index in [1.165, 1.54) is 18.2 Å². The van der Waals surface area contributed by atoms with E-state index in [0.717, 1.165) is 10.7 Å². The molecular weight excluding hydrogens is 366 g/mol. The minimum Gasteiger partial charge on any atom is -0.338 e. The van der Waals surface area contributed by atoms with E-state index in [1.54, 1.807) is 11.8 Å². The third-order valence-electron chi connectivity index (χ3n) is 4.88. The quantitative estimate of drug-likeness (QED) is 0.836. The van der Waals surface area contributed by atoms with Crippen LogP contribution in [0.1, 0.15) is 41.0 Å². The lowest BCUT2D eigenvalue weighted by Gasteiger charge is -2.22. The molecule has 0 radical (unpaired) electrons. The maximum atomic E-state index is 12.7. The van der Waals surface area contributed by atoms with Crippen molar-refractivity contribution >= 4 is 34.2 Å². The molecule has 1 saturated heterocycles. The van der Waals surface area contributed by atoms with Crippen molar-refractivity contribution in [1.29, 1.82) is 0 Å². The lowest BCUT2D eigenvalue weighted by Crippen LogP contribution is -2.34. The van der Waals surface area contributed by atoms with E-state index in [1.807, 2.05) is 6.92 Å². The van der Waals surface area contributed by atoms with E-state index in [9.17, 15) is 18.0 Å². The molecule has 9 heteroatoms. The van der Waals surface area contributed by atoms with Gasteiger partial charge in [-0.25, -0.2) is 12.7 Å². The molecular formula is C16H22ClN3O4S. The number of carbonyl (C=O) groups excluding carboxylic acids is 2. The zero-order valence-corrected chi connectivity index (χ0v) is 15.8. The topological polar surface area (TPSA) is 101 Å². The summed E-state index contributed by atoms with van der Waals surface area (Å²) in [6.07, 6.45) is 0.820. The number of fused-ring (bicyclic) bond motifs is 1. The number of hydrogen-bond donors (Lipinski definition) is 1. The van der Waals surface area contributed by atoms with Crippen molar-refractivity contribution in [3.05, 3.63) is 29.3 Å². The minimum absolute atomic E-state index is 0. The highest BCUT2D eigenvalue weighted by molar-refractivity contribution is 7.90. The van der Waals surface area contributed by atoms with Gasteiger partial charge in [0.15, 0.2) is 0 Å². The molecule has 2 aliphatic heterocycles. The highest BCUT2D eigenvalue weighted by Gasteiger charge is 2.41. The predicted molar refractivity (Wildman–Crippen MR) is 95.3 cm³/mol. The van der Waals surface area contributed by atoms with Crippen molar-refractivity contribution < 1.29 is 18.0 Å². The average molecular weight is 388 g/mol. The molecule has 0 saturated carbocycles. The molecule has 1 unspecified atom stereocenters. The van der Waals surface area contributed by atoms with E-state index in [0.29, 0.717) is 19.6 Å². The zero-order chi connectivity index (χ0) is 17.7. The summed E-state index contributed by atoms with van der Waals surface area (Å²) in [6, 6.07) is 4.26. The fraction of sp³-hybridized carbons (Fsp3) is 0.500. The number of rotatable bonds is 3. The summed E-state index contributed by atoms with van der Waals surface area (Å²) >= 11 is 0. The van der Waals surface area contributed by atoms with Crippen molar-refractivity contribution in [1.82, 2.24) is 9.21 Å². The number of benzene rings is 1. The molecule has 3 rings (SSSR count). The van der Waals surface area contributed by atoms with E-state index >= 15 is 0 Å². The number of likely N-dealkylation sites (tertiary alicyclic amines) is 1. The molecule has 2 aliphatic rings. The smallest absolute Gasteiger partial charge is 0.268 e. The van der Waals surface area contributed by atoms with Crippen LogP contribution >= 0.6 is 12.4 Å². The van der Waals surface area contributed by atoms with Gasteiger partial charge >= 0.3 is 0 Å². The van der Waals surface area contributed by atoms with Gasteiger partial charge in [-0.05, 0) is 43.5 Å². The van der Waals surface area contributed by atoms with Crippen molar-refractivity contribution in [3.8, 4) is 0 Å². The number of nitrogens with zero attached hydrogens (tertiary/aromatic N) is 2. The molecule has 0 spiro atoms. The molecule has 1 aromatic rings. The van der Waals surface area contributed by atoms with Gasteiger partial charge < -0.3 is 10.6 Å². The Bertz CT molecular complexity index is 827. The Morgan fingerprint density at radius 2 is 2.04 bits per heavy atom. The van der Waals surface area contributed by atoms with Crippen LogP contribution in [0, 0.1) is 5.41 Å². The maximum absolute atomic E-state index is 12.7. The van der Waals surface area contributed by atoms with Crippen LogP contribution in [0.3, 0.4) is 0 Å².